The van der Waals surface area contributed by atoms with Crippen LogP contribution in [0.15, 0.2) is 206 Å². The van der Waals surface area contributed by atoms with Gasteiger partial charge >= 0.3 is 0 Å². The average molecular weight is 659 g/mol. The van der Waals surface area contributed by atoms with Gasteiger partial charge in [0, 0.05) is 0 Å². The van der Waals surface area contributed by atoms with E-state index in [9.17, 15) is 0 Å². The first-order chi connectivity index (χ1) is 25.8. The van der Waals surface area contributed by atoms with Gasteiger partial charge in [-0.3, -0.25) is 0 Å². The predicted octanol–water partition coefficient (Wildman–Crippen LogP) is 14.6. The lowest BCUT2D eigenvalue weighted by atomic mass is 9.84. The minimum atomic E-state index is 1.21. The fourth-order valence-corrected chi connectivity index (χ4v) is 8.13. The molecule has 0 saturated heterocycles. The second kappa shape index (κ2) is 12.5. The molecule has 0 aromatic heterocycles. The molecule has 10 rings (SSSR count). The second-order valence-corrected chi connectivity index (χ2v) is 13.7. The Hall–Kier alpha value is -6.76. The van der Waals surface area contributed by atoms with Gasteiger partial charge < -0.3 is 0 Å². The lowest BCUT2D eigenvalue weighted by Crippen LogP contribution is -1.92. The highest BCUT2D eigenvalue weighted by Crippen LogP contribution is 2.46. The zero-order valence-corrected chi connectivity index (χ0v) is 28.6. The summed E-state index contributed by atoms with van der Waals surface area (Å²) < 4.78 is 0. The van der Waals surface area contributed by atoms with Gasteiger partial charge in [-0.25, -0.2) is 0 Å². The van der Waals surface area contributed by atoms with Gasteiger partial charge in [0.15, 0.2) is 0 Å². The molecule has 0 unspecified atom stereocenters. The van der Waals surface area contributed by atoms with Gasteiger partial charge in [-0.1, -0.05) is 188 Å². The zero-order chi connectivity index (χ0) is 34.4. The van der Waals surface area contributed by atoms with Crippen molar-refractivity contribution in [3.05, 3.63) is 206 Å². The molecule has 242 valence electrons. The highest BCUT2D eigenvalue weighted by Gasteiger charge is 2.18. The number of hydrogen-bond acceptors (Lipinski definition) is 0. The van der Waals surface area contributed by atoms with Crippen LogP contribution >= 0.6 is 0 Å². The molecule has 0 nitrogen and oxygen atoms in total. The first-order valence-electron chi connectivity index (χ1n) is 18.0. The third-order valence-corrected chi connectivity index (χ3v) is 10.6. The molecule has 0 N–H and O–H groups in total. The molecular weight excluding hydrogens is 625 g/mol. The zero-order valence-electron chi connectivity index (χ0n) is 28.6. The molecule has 0 aliphatic heterocycles. The molecule has 0 saturated carbocycles. The van der Waals surface area contributed by atoms with Crippen LogP contribution in [0.1, 0.15) is 0 Å². The molecule has 0 radical (unpaired) electrons. The van der Waals surface area contributed by atoms with Crippen molar-refractivity contribution in [3.63, 3.8) is 0 Å². The van der Waals surface area contributed by atoms with Gasteiger partial charge in [0.05, 0.1) is 0 Å². The van der Waals surface area contributed by atoms with Crippen molar-refractivity contribution in [3.8, 4) is 55.6 Å². The van der Waals surface area contributed by atoms with E-state index in [-0.39, 0.29) is 0 Å². The van der Waals surface area contributed by atoms with Crippen LogP contribution in [0, 0.1) is 0 Å². The Balaban J connectivity index is 1.20. The molecule has 52 heavy (non-hydrogen) atoms. The summed E-state index contributed by atoms with van der Waals surface area (Å²) in [6.45, 7) is 0. The molecule has 0 bridgehead atoms. The van der Waals surface area contributed by atoms with E-state index in [0.717, 1.165) is 0 Å². The van der Waals surface area contributed by atoms with Crippen molar-refractivity contribution >= 4 is 43.1 Å². The van der Waals surface area contributed by atoms with E-state index in [0.29, 0.717) is 0 Å². The maximum atomic E-state index is 2.40. The molecule has 0 spiro atoms. The third kappa shape index (κ3) is 5.16. The van der Waals surface area contributed by atoms with Crippen molar-refractivity contribution in [2.24, 2.45) is 0 Å². The Bertz CT molecular complexity index is 2930. The standard InChI is InChI=1S/C52H34/c1-2-12-35(13-3-1)43-30-31-49-50(34-43)51(39-27-25-38(26-28-39)46-23-11-17-37-15-6-7-20-45(37)46)47-21-8-9-22-48(47)52(49)44-19-10-18-41(33-44)42-29-24-36-14-4-5-16-40(36)32-42/h1-34H. The van der Waals surface area contributed by atoms with Crippen LogP contribution in [0.2, 0.25) is 0 Å². The summed E-state index contributed by atoms with van der Waals surface area (Å²) >= 11 is 0. The van der Waals surface area contributed by atoms with E-state index in [4.69, 9.17) is 0 Å². The molecule has 10 aromatic rings. The first kappa shape index (κ1) is 30.1. The van der Waals surface area contributed by atoms with Crippen LogP contribution in [0.3, 0.4) is 0 Å². The summed E-state index contributed by atoms with van der Waals surface area (Å²) in [7, 11) is 0. The van der Waals surface area contributed by atoms with Crippen molar-refractivity contribution in [1.29, 1.82) is 0 Å². The molecule has 0 aliphatic rings. The van der Waals surface area contributed by atoms with Crippen LogP contribution in [0.25, 0.3) is 98.7 Å². The monoisotopic (exact) mass is 658 g/mol. The highest BCUT2D eigenvalue weighted by atomic mass is 14.2. The summed E-state index contributed by atoms with van der Waals surface area (Å²) in [5.74, 6) is 0. The lowest BCUT2D eigenvalue weighted by molar-refractivity contribution is 1.61. The van der Waals surface area contributed by atoms with Crippen molar-refractivity contribution in [2.75, 3.05) is 0 Å². The maximum Gasteiger partial charge on any atom is -0.00261 e. The van der Waals surface area contributed by atoms with Gasteiger partial charge in [-0.05, 0) is 117 Å². The van der Waals surface area contributed by atoms with Crippen LogP contribution < -0.4 is 0 Å². The fourth-order valence-electron chi connectivity index (χ4n) is 8.13. The van der Waals surface area contributed by atoms with E-state index in [1.54, 1.807) is 0 Å². The number of benzene rings is 10. The third-order valence-electron chi connectivity index (χ3n) is 10.6. The van der Waals surface area contributed by atoms with Gasteiger partial charge in [0.1, 0.15) is 0 Å². The highest BCUT2D eigenvalue weighted by molar-refractivity contribution is 6.22. The fraction of sp³-hybridized carbons (Fsp3) is 0. The number of fused-ring (bicyclic) bond motifs is 4. The smallest absolute Gasteiger partial charge is 0.00261 e. The van der Waals surface area contributed by atoms with E-state index in [1.165, 1.54) is 98.7 Å². The lowest BCUT2D eigenvalue weighted by Gasteiger charge is -2.19. The summed E-state index contributed by atoms with van der Waals surface area (Å²) in [6.07, 6.45) is 0. The number of rotatable bonds is 5. The minimum Gasteiger partial charge on any atom is -0.0622 e. The minimum absolute atomic E-state index is 1.21. The van der Waals surface area contributed by atoms with Gasteiger partial charge in [0.25, 0.3) is 0 Å². The summed E-state index contributed by atoms with van der Waals surface area (Å²) in [4.78, 5) is 0. The Kier molecular flexibility index (Phi) is 7.25. The topological polar surface area (TPSA) is 0 Å². The van der Waals surface area contributed by atoms with Crippen molar-refractivity contribution in [2.45, 2.75) is 0 Å². The molecule has 0 aliphatic carbocycles. The van der Waals surface area contributed by atoms with Gasteiger partial charge in [-0.15, -0.1) is 0 Å². The summed E-state index contributed by atoms with van der Waals surface area (Å²) in [5, 5.41) is 10.1. The quantitative estimate of drug-likeness (QED) is 0.161. The Morgan fingerprint density at radius 2 is 0.692 bits per heavy atom. The van der Waals surface area contributed by atoms with Crippen LogP contribution in [0.4, 0.5) is 0 Å². The Morgan fingerprint density at radius 1 is 0.192 bits per heavy atom. The number of hydrogen-bond donors (Lipinski definition) is 0. The van der Waals surface area contributed by atoms with E-state index < -0.39 is 0 Å². The Labute approximate surface area is 303 Å². The maximum absolute atomic E-state index is 2.40. The van der Waals surface area contributed by atoms with Crippen molar-refractivity contribution < 1.29 is 0 Å². The normalized spacial score (nSPS) is 11.5. The molecule has 10 aromatic carbocycles. The van der Waals surface area contributed by atoms with E-state index in [1.807, 2.05) is 0 Å². The predicted molar refractivity (Wildman–Crippen MR) is 224 cm³/mol. The molecule has 0 fully saturated rings. The molecule has 0 amide bonds. The molecular formula is C52H34. The van der Waals surface area contributed by atoms with Gasteiger partial charge in [0.2, 0.25) is 0 Å². The largest absolute Gasteiger partial charge is 0.0622 e. The molecule has 0 atom stereocenters. The van der Waals surface area contributed by atoms with E-state index in [2.05, 4.69) is 206 Å². The molecule has 0 heteroatoms. The summed E-state index contributed by atoms with van der Waals surface area (Å²) in [5.41, 5.74) is 12.3. The van der Waals surface area contributed by atoms with E-state index >= 15 is 0 Å². The first-order valence-corrected chi connectivity index (χ1v) is 18.0. The average Bonchev–Trinajstić information content (AvgIpc) is 3.22. The van der Waals surface area contributed by atoms with Crippen LogP contribution in [-0.2, 0) is 0 Å². The summed E-state index contributed by atoms with van der Waals surface area (Å²) in [6, 6.07) is 75.6. The Morgan fingerprint density at radius 3 is 1.50 bits per heavy atom. The second-order valence-electron chi connectivity index (χ2n) is 13.7. The SMILES string of the molecule is c1ccc(-c2ccc3c(-c4cccc(-c5ccc6ccccc6c5)c4)c4ccccc4c(-c4ccc(-c5cccc6ccccc56)cc4)c3c2)cc1. The van der Waals surface area contributed by atoms with Crippen LogP contribution in [0.5, 0.6) is 0 Å². The van der Waals surface area contributed by atoms with Gasteiger partial charge in [-0.2, -0.15) is 0 Å². The van der Waals surface area contributed by atoms with Crippen molar-refractivity contribution in [1.82, 2.24) is 0 Å². The van der Waals surface area contributed by atoms with Crippen LogP contribution in [-0.4, -0.2) is 0 Å². The molecule has 0 heterocycles.